The van der Waals surface area contributed by atoms with Crippen molar-refractivity contribution in [3.63, 3.8) is 0 Å². The molecule has 6 heteroatoms. The Kier molecular flexibility index (Phi) is 4.28. The van der Waals surface area contributed by atoms with Crippen LogP contribution < -0.4 is 9.47 Å². The number of ether oxygens (including phenoxy) is 2. The molecule has 142 valence electrons. The minimum absolute atomic E-state index is 0.0733. The number of hydrogen-bond acceptors (Lipinski definition) is 6. The highest BCUT2D eigenvalue weighted by Crippen LogP contribution is 2.50. The van der Waals surface area contributed by atoms with Crippen LogP contribution in [0.2, 0.25) is 0 Å². The van der Waals surface area contributed by atoms with Crippen LogP contribution in [0.5, 0.6) is 11.5 Å². The molecule has 1 aromatic heterocycles. The molecule has 0 radical (unpaired) electrons. The fourth-order valence-electron chi connectivity index (χ4n) is 3.82. The summed E-state index contributed by atoms with van der Waals surface area (Å²) >= 11 is 1.72. The van der Waals surface area contributed by atoms with Gasteiger partial charge in [0.2, 0.25) is 6.23 Å². The van der Waals surface area contributed by atoms with Crippen LogP contribution in [0.4, 0.5) is 0 Å². The Morgan fingerprint density at radius 3 is 2.68 bits per heavy atom. The van der Waals surface area contributed by atoms with Gasteiger partial charge in [0, 0.05) is 22.4 Å². The molecule has 0 amide bonds. The third kappa shape index (κ3) is 2.76. The molecule has 2 atom stereocenters. The summed E-state index contributed by atoms with van der Waals surface area (Å²) in [6, 6.07) is 18.4. The lowest BCUT2D eigenvalue weighted by Crippen LogP contribution is -2.33. The summed E-state index contributed by atoms with van der Waals surface area (Å²) in [5.74, 6) is 2.34. The highest BCUT2D eigenvalue weighted by atomic mass is 32.2. The Bertz CT molecular complexity index is 1010. The predicted octanol–water partition coefficient (Wildman–Crippen LogP) is 5.25. The first-order valence-electron chi connectivity index (χ1n) is 9.15. The van der Waals surface area contributed by atoms with Crippen LogP contribution in [-0.4, -0.2) is 24.1 Å². The highest BCUT2D eigenvalue weighted by molar-refractivity contribution is 7.98. The van der Waals surface area contributed by atoms with E-state index in [2.05, 4.69) is 36.6 Å². The third-order valence-electron chi connectivity index (χ3n) is 5.21. The van der Waals surface area contributed by atoms with Crippen molar-refractivity contribution in [1.29, 1.82) is 0 Å². The molecular weight excluding hydrogens is 372 g/mol. The summed E-state index contributed by atoms with van der Waals surface area (Å²) in [5, 5.41) is 6.94. The minimum Gasteiger partial charge on any atom is -0.493 e. The minimum atomic E-state index is -0.322. The van der Waals surface area contributed by atoms with E-state index in [1.165, 1.54) is 4.90 Å². The van der Waals surface area contributed by atoms with Gasteiger partial charge in [-0.05, 0) is 36.6 Å². The van der Waals surface area contributed by atoms with E-state index in [9.17, 15) is 0 Å². The summed E-state index contributed by atoms with van der Waals surface area (Å²) < 4.78 is 17.6. The molecule has 0 spiro atoms. The molecule has 5 nitrogen and oxygen atoms in total. The molecule has 5 rings (SSSR count). The molecule has 0 bridgehead atoms. The number of furan rings is 1. The normalized spacial score (nSPS) is 20.2. The number of fused-ring (bicyclic) bond motifs is 3. The molecule has 28 heavy (non-hydrogen) atoms. The quantitative estimate of drug-likeness (QED) is 0.567. The van der Waals surface area contributed by atoms with Gasteiger partial charge < -0.3 is 13.9 Å². The second kappa shape index (κ2) is 6.95. The van der Waals surface area contributed by atoms with Crippen molar-refractivity contribution in [2.75, 3.05) is 13.4 Å². The van der Waals surface area contributed by atoms with E-state index in [-0.39, 0.29) is 12.3 Å². The van der Waals surface area contributed by atoms with Crippen LogP contribution in [0.25, 0.3) is 0 Å². The zero-order chi connectivity index (χ0) is 19.1. The molecule has 3 aromatic rings. The second-order valence-electron chi connectivity index (χ2n) is 6.75. The first-order chi connectivity index (χ1) is 13.8. The van der Waals surface area contributed by atoms with E-state index in [0.717, 1.165) is 40.5 Å². The van der Waals surface area contributed by atoms with Gasteiger partial charge in [-0.15, -0.1) is 11.8 Å². The Morgan fingerprint density at radius 1 is 1.11 bits per heavy atom. The summed E-state index contributed by atoms with van der Waals surface area (Å²) in [6.07, 6.45) is 4.19. The molecule has 3 heterocycles. The van der Waals surface area contributed by atoms with Crippen molar-refractivity contribution in [3.8, 4) is 11.5 Å². The van der Waals surface area contributed by atoms with Crippen LogP contribution in [0, 0.1) is 0 Å². The lowest BCUT2D eigenvalue weighted by atomic mass is 9.97. The van der Waals surface area contributed by atoms with Gasteiger partial charge in [0.25, 0.3) is 0 Å². The summed E-state index contributed by atoms with van der Waals surface area (Å²) in [5.41, 5.74) is 3.07. The van der Waals surface area contributed by atoms with Gasteiger partial charge in [0.05, 0.1) is 19.4 Å². The summed E-state index contributed by atoms with van der Waals surface area (Å²) in [4.78, 5) is 1.22. The highest BCUT2D eigenvalue weighted by Gasteiger charge is 2.42. The van der Waals surface area contributed by atoms with E-state index in [1.807, 2.05) is 29.3 Å². The maximum absolute atomic E-state index is 6.45. The Morgan fingerprint density at radius 2 is 1.96 bits per heavy atom. The van der Waals surface area contributed by atoms with E-state index in [0.29, 0.717) is 0 Å². The van der Waals surface area contributed by atoms with Crippen molar-refractivity contribution < 1.29 is 13.9 Å². The molecule has 2 aromatic carbocycles. The molecule has 0 aliphatic carbocycles. The standard InChI is InChI=1S/C22H20N2O3S/c1-25-20-6-3-5-16-18-13-17(19-7-4-12-26-19)23-24(18)22(27-21(16)20)14-8-10-15(28-2)11-9-14/h3-12,18,22H,13H2,1-2H3/t18-,22+/m1/s1. The van der Waals surface area contributed by atoms with Crippen LogP contribution >= 0.6 is 11.8 Å². The number of thioether (sulfide) groups is 1. The maximum Gasteiger partial charge on any atom is 0.214 e. The van der Waals surface area contributed by atoms with Crippen molar-refractivity contribution in [3.05, 3.63) is 77.7 Å². The molecule has 0 saturated carbocycles. The van der Waals surface area contributed by atoms with Crippen LogP contribution in [0.3, 0.4) is 0 Å². The second-order valence-corrected chi connectivity index (χ2v) is 7.63. The van der Waals surface area contributed by atoms with Crippen LogP contribution in [-0.2, 0) is 0 Å². The number of rotatable bonds is 4. The van der Waals surface area contributed by atoms with Crippen molar-refractivity contribution in [1.82, 2.24) is 5.01 Å². The number of para-hydroxylation sites is 1. The molecule has 2 aliphatic heterocycles. The summed E-state index contributed by atoms with van der Waals surface area (Å²) in [6.45, 7) is 0. The fourth-order valence-corrected chi connectivity index (χ4v) is 4.23. The zero-order valence-electron chi connectivity index (χ0n) is 15.7. The number of benzene rings is 2. The first kappa shape index (κ1) is 17.3. The number of nitrogens with zero attached hydrogens (tertiary/aromatic N) is 2. The topological polar surface area (TPSA) is 47.2 Å². The molecule has 0 unspecified atom stereocenters. The van der Waals surface area contributed by atoms with Crippen LogP contribution in [0.1, 0.15) is 35.6 Å². The number of hydrogen-bond donors (Lipinski definition) is 0. The average molecular weight is 392 g/mol. The lowest BCUT2D eigenvalue weighted by molar-refractivity contribution is -0.0209. The van der Waals surface area contributed by atoms with E-state index < -0.39 is 0 Å². The van der Waals surface area contributed by atoms with Crippen molar-refractivity contribution >= 4 is 17.5 Å². The number of hydrazone groups is 1. The van der Waals surface area contributed by atoms with Gasteiger partial charge in [-0.25, -0.2) is 5.01 Å². The average Bonchev–Trinajstić information content (AvgIpc) is 3.42. The van der Waals surface area contributed by atoms with E-state index in [1.54, 1.807) is 25.1 Å². The largest absolute Gasteiger partial charge is 0.493 e. The van der Waals surface area contributed by atoms with Gasteiger partial charge in [0.1, 0.15) is 11.5 Å². The smallest absolute Gasteiger partial charge is 0.214 e. The summed E-state index contributed by atoms with van der Waals surface area (Å²) in [7, 11) is 1.67. The molecule has 0 saturated heterocycles. The zero-order valence-corrected chi connectivity index (χ0v) is 16.5. The molecule has 0 fully saturated rings. The SMILES string of the molecule is COc1cccc2c1O[C@@H](c1ccc(SC)cc1)N1N=C(c3ccco3)C[C@H]21. The predicted molar refractivity (Wildman–Crippen MR) is 109 cm³/mol. The Hall–Kier alpha value is -2.86. The van der Waals surface area contributed by atoms with Gasteiger partial charge in [-0.1, -0.05) is 24.3 Å². The fraction of sp³-hybridized carbons (Fsp3) is 0.227. The van der Waals surface area contributed by atoms with E-state index >= 15 is 0 Å². The monoisotopic (exact) mass is 392 g/mol. The van der Waals surface area contributed by atoms with Crippen LogP contribution in [0.15, 0.2) is 75.3 Å². The Labute approximate surface area is 167 Å². The molecule has 2 aliphatic rings. The van der Waals surface area contributed by atoms with Gasteiger partial charge in [-0.3, -0.25) is 0 Å². The van der Waals surface area contributed by atoms with E-state index in [4.69, 9.17) is 19.0 Å². The van der Waals surface area contributed by atoms with Gasteiger partial charge >= 0.3 is 0 Å². The van der Waals surface area contributed by atoms with Crippen molar-refractivity contribution in [2.45, 2.75) is 23.6 Å². The third-order valence-corrected chi connectivity index (χ3v) is 5.95. The number of methoxy groups -OCH3 is 1. The maximum atomic E-state index is 6.45. The Balaban J connectivity index is 1.61. The van der Waals surface area contributed by atoms with Crippen molar-refractivity contribution in [2.24, 2.45) is 5.10 Å². The molecular formula is C22H20N2O3S. The molecule has 0 N–H and O–H groups in total. The van der Waals surface area contributed by atoms with Gasteiger partial charge in [0.15, 0.2) is 11.5 Å². The van der Waals surface area contributed by atoms with Gasteiger partial charge in [-0.2, -0.15) is 5.10 Å². The lowest BCUT2D eigenvalue weighted by Gasteiger charge is -2.38. The first-order valence-corrected chi connectivity index (χ1v) is 10.4.